The number of nitrogens with zero attached hydrogens (tertiary/aromatic N) is 1. The molecule has 1 saturated heterocycles. The molecule has 0 bridgehead atoms. The van der Waals surface area contributed by atoms with Gasteiger partial charge in [-0.3, -0.25) is 0 Å². The lowest BCUT2D eigenvalue weighted by Gasteiger charge is -2.41. The van der Waals surface area contributed by atoms with Crippen molar-refractivity contribution in [1.82, 2.24) is 4.90 Å². The van der Waals surface area contributed by atoms with E-state index in [9.17, 15) is 9.18 Å². The number of hydrogen-bond acceptors (Lipinski definition) is 4. The SMILES string of the molecule is COC1(OC)CCN(C(=O)OCc2ccccc2)CC1F. The Morgan fingerprint density at radius 3 is 2.57 bits per heavy atom. The van der Waals surface area contributed by atoms with Crippen LogP contribution in [0, 0.1) is 0 Å². The van der Waals surface area contributed by atoms with Crippen molar-refractivity contribution in [3.8, 4) is 0 Å². The molecule has 0 radical (unpaired) electrons. The van der Waals surface area contributed by atoms with Crippen LogP contribution in [0.4, 0.5) is 9.18 Å². The third-order valence-corrected chi connectivity index (χ3v) is 3.74. The smallest absolute Gasteiger partial charge is 0.410 e. The summed E-state index contributed by atoms with van der Waals surface area (Å²) in [6, 6.07) is 9.35. The predicted molar refractivity (Wildman–Crippen MR) is 74.5 cm³/mol. The Labute approximate surface area is 123 Å². The molecule has 1 amide bonds. The minimum absolute atomic E-state index is 0.102. The fourth-order valence-corrected chi connectivity index (χ4v) is 2.39. The van der Waals surface area contributed by atoms with Gasteiger partial charge in [-0.15, -0.1) is 0 Å². The van der Waals surface area contributed by atoms with Crippen LogP contribution in [-0.4, -0.2) is 50.3 Å². The first-order chi connectivity index (χ1) is 10.1. The fraction of sp³-hybridized carbons (Fsp3) is 0.533. The summed E-state index contributed by atoms with van der Waals surface area (Å²) >= 11 is 0. The van der Waals surface area contributed by atoms with E-state index in [4.69, 9.17) is 14.2 Å². The molecule has 1 atom stereocenters. The van der Waals surface area contributed by atoms with E-state index in [2.05, 4.69) is 0 Å². The summed E-state index contributed by atoms with van der Waals surface area (Å²) in [5.74, 6) is -1.27. The van der Waals surface area contributed by atoms with Gasteiger partial charge < -0.3 is 19.1 Å². The Balaban J connectivity index is 1.87. The molecule has 0 spiro atoms. The number of hydrogen-bond donors (Lipinski definition) is 0. The second-order valence-corrected chi connectivity index (χ2v) is 4.92. The van der Waals surface area contributed by atoms with Crippen LogP contribution in [0.2, 0.25) is 0 Å². The highest BCUT2D eigenvalue weighted by atomic mass is 19.1. The molecule has 1 aromatic carbocycles. The lowest BCUT2D eigenvalue weighted by atomic mass is 10.0. The second-order valence-electron chi connectivity index (χ2n) is 4.92. The zero-order valence-electron chi connectivity index (χ0n) is 12.3. The zero-order chi connectivity index (χ0) is 15.3. The standard InChI is InChI=1S/C15H20FNO4/c1-19-15(20-2)8-9-17(10-13(15)16)14(18)21-11-12-6-4-3-5-7-12/h3-7,13H,8-11H2,1-2H3. The van der Waals surface area contributed by atoms with Crippen LogP contribution in [0.5, 0.6) is 0 Å². The van der Waals surface area contributed by atoms with Crippen molar-refractivity contribution in [2.45, 2.75) is 25.0 Å². The Kier molecular flexibility index (Phi) is 5.14. The summed E-state index contributed by atoms with van der Waals surface area (Å²) in [5, 5.41) is 0. The largest absolute Gasteiger partial charge is 0.445 e. The maximum atomic E-state index is 14.2. The number of carbonyl (C=O) groups is 1. The van der Waals surface area contributed by atoms with E-state index in [1.165, 1.54) is 19.1 Å². The van der Waals surface area contributed by atoms with Gasteiger partial charge in [0, 0.05) is 27.2 Å². The average molecular weight is 297 g/mol. The summed E-state index contributed by atoms with van der Waals surface area (Å²) in [4.78, 5) is 13.3. The molecule has 116 valence electrons. The summed E-state index contributed by atoms with van der Waals surface area (Å²) in [5.41, 5.74) is 0.891. The van der Waals surface area contributed by atoms with Crippen LogP contribution in [0.3, 0.4) is 0 Å². The topological polar surface area (TPSA) is 48.0 Å². The maximum Gasteiger partial charge on any atom is 0.410 e. The highest BCUT2D eigenvalue weighted by Gasteiger charge is 2.46. The molecule has 0 saturated carbocycles. The van der Waals surface area contributed by atoms with Gasteiger partial charge in [-0.1, -0.05) is 30.3 Å². The first-order valence-corrected chi connectivity index (χ1v) is 6.81. The molecule has 6 heteroatoms. The number of rotatable bonds is 4. The van der Waals surface area contributed by atoms with E-state index >= 15 is 0 Å². The Morgan fingerprint density at radius 2 is 2.00 bits per heavy atom. The maximum absolute atomic E-state index is 14.2. The first kappa shape index (κ1) is 15.7. The van der Waals surface area contributed by atoms with Crippen molar-refractivity contribution in [3.05, 3.63) is 35.9 Å². The van der Waals surface area contributed by atoms with Gasteiger partial charge in [0.25, 0.3) is 0 Å². The van der Waals surface area contributed by atoms with E-state index in [0.29, 0.717) is 6.54 Å². The molecule has 1 aliphatic heterocycles. The molecule has 1 heterocycles. The van der Waals surface area contributed by atoms with Gasteiger partial charge in [0.2, 0.25) is 5.79 Å². The molecule has 1 unspecified atom stereocenters. The number of ether oxygens (including phenoxy) is 3. The minimum Gasteiger partial charge on any atom is -0.445 e. The van der Waals surface area contributed by atoms with E-state index in [-0.39, 0.29) is 19.6 Å². The van der Waals surface area contributed by atoms with Crippen LogP contribution in [0.1, 0.15) is 12.0 Å². The number of alkyl halides is 1. The quantitative estimate of drug-likeness (QED) is 0.801. The second kappa shape index (κ2) is 6.87. The third-order valence-electron chi connectivity index (χ3n) is 3.74. The van der Waals surface area contributed by atoms with Crippen LogP contribution < -0.4 is 0 Å². The van der Waals surface area contributed by atoms with Crippen LogP contribution >= 0.6 is 0 Å². The predicted octanol–water partition coefficient (Wildman–Crippen LogP) is 2.36. The Morgan fingerprint density at radius 1 is 1.33 bits per heavy atom. The van der Waals surface area contributed by atoms with Crippen LogP contribution in [-0.2, 0) is 20.8 Å². The molecule has 0 aliphatic carbocycles. The lowest BCUT2D eigenvalue weighted by Crippen LogP contribution is -2.57. The molecule has 0 aromatic heterocycles. The summed E-state index contributed by atoms with van der Waals surface area (Å²) in [6.45, 7) is 0.401. The number of carbonyl (C=O) groups excluding carboxylic acids is 1. The van der Waals surface area contributed by atoms with Gasteiger partial charge in [-0.2, -0.15) is 0 Å². The monoisotopic (exact) mass is 297 g/mol. The van der Waals surface area contributed by atoms with Crippen molar-refractivity contribution < 1.29 is 23.4 Å². The number of likely N-dealkylation sites (tertiary alicyclic amines) is 1. The highest BCUT2D eigenvalue weighted by Crippen LogP contribution is 2.29. The van der Waals surface area contributed by atoms with Crippen molar-refractivity contribution in [2.75, 3.05) is 27.3 Å². The Hall–Kier alpha value is -1.66. The number of methoxy groups -OCH3 is 2. The van der Waals surface area contributed by atoms with Gasteiger partial charge in [0.15, 0.2) is 6.17 Å². The van der Waals surface area contributed by atoms with Crippen LogP contribution in [0.25, 0.3) is 0 Å². The molecule has 0 N–H and O–H groups in total. The van der Waals surface area contributed by atoms with Gasteiger partial charge >= 0.3 is 6.09 Å². The first-order valence-electron chi connectivity index (χ1n) is 6.81. The van der Waals surface area contributed by atoms with Gasteiger partial charge in [0.1, 0.15) is 6.61 Å². The molecule has 5 nitrogen and oxygen atoms in total. The van der Waals surface area contributed by atoms with Crippen molar-refractivity contribution in [1.29, 1.82) is 0 Å². The molecule has 1 aromatic rings. The summed E-state index contributed by atoms with van der Waals surface area (Å²) in [7, 11) is 2.80. The van der Waals surface area contributed by atoms with E-state index < -0.39 is 18.1 Å². The van der Waals surface area contributed by atoms with Gasteiger partial charge in [-0.25, -0.2) is 9.18 Å². The molecule has 2 rings (SSSR count). The lowest BCUT2D eigenvalue weighted by molar-refractivity contribution is -0.260. The number of amides is 1. The highest BCUT2D eigenvalue weighted by molar-refractivity contribution is 5.67. The summed E-state index contributed by atoms with van der Waals surface area (Å²) in [6.07, 6.45) is -1.67. The molecule has 1 fully saturated rings. The van der Waals surface area contributed by atoms with E-state index in [1.54, 1.807) is 0 Å². The molecular formula is C15H20FNO4. The number of halogens is 1. The molecular weight excluding hydrogens is 277 g/mol. The molecule has 1 aliphatic rings. The van der Waals surface area contributed by atoms with Gasteiger partial charge in [0.05, 0.1) is 6.54 Å². The van der Waals surface area contributed by atoms with Crippen molar-refractivity contribution in [3.63, 3.8) is 0 Å². The minimum atomic E-state index is -1.41. The van der Waals surface area contributed by atoms with E-state index in [0.717, 1.165) is 5.56 Å². The van der Waals surface area contributed by atoms with Gasteiger partial charge in [-0.05, 0) is 5.56 Å². The van der Waals surface area contributed by atoms with Crippen molar-refractivity contribution in [2.24, 2.45) is 0 Å². The Bertz CT molecular complexity index is 464. The number of benzene rings is 1. The summed E-state index contributed by atoms with van der Waals surface area (Å²) < 4.78 is 29.6. The number of piperidine rings is 1. The molecule has 21 heavy (non-hydrogen) atoms. The van der Waals surface area contributed by atoms with Crippen LogP contribution in [0.15, 0.2) is 30.3 Å². The normalized spacial score (nSPS) is 21.1. The average Bonchev–Trinajstić information content (AvgIpc) is 2.54. The van der Waals surface area contributed by atoms with E-state index in [1.807, 2.05) is 30.3 Å². The zero-order valence-corrected chi connectivity index (χ0v) is 12.3. The fourth-order valence-electron chi connectivity index (χ4n) is 2.39. The third kappa shape index (κ3) is 3.51. The van der Waals surface area contributed by atoms with Crippen molar-refractivity contribution >= 4 is 6.09 Å².